The minimum atomic E-state index is -0.930. The summed E-state index contributed by atoms with van der Waals surface area (Å²) < 4.78 is 14.0. The molecule has 1 aromatic carbocycles. The molecular formula is C18H23FN2O2. The molecule has 2 amide bonds. The molecule has 1 N–H and O–H groups in total. The van der Waals surface area contributed by atoms with Crippen molar-refractivity contribution >= 4 is 11.8 Å². The Morgan fingerprint density at radius 2 is 1.91 bits per heavy atom. The Morgan fingerprint density at radius 1 is 1.26 bits per heavy atom. The minimum Gasteiger partial charge on any atom is -0.355 e. The molecule has 0 unspecified atom stereocenters. The summed E-state index contributed by atoms with van der Waals surface area (Å²) in [4.78, 5) is 26.3. The third-order valence-corrected chi connectivity index (χ3v) is 4.88. The van der Waals surface area contributed by atoms with E-state index >= 15 is 0 Å². The van der Waals surface area contributed by atoms with Gasteiger partial charge >= 0.3 is 0 Å². The predicted molar refractivity (Wildman–Crippen MR) is 85.2 cm³/mol. The first-order valence-corrected chi connectivity index (χ1v) is 8.21. The predicted octanol–water partition coefficient (Wildman–Crippen LogP) is 2.09. The highest BCUT2D eigenvalue weighted by molar-refractivity contribution is 5.90. The summed E-state index contributed by atoms with van der Waals surface area (Å²) in [5, 5.41) is 2.95. The number of carbonyl (C=O) groups is 2. The molecule has 4 nitrogen and oxygen atoms in total. The van der Waals surface area contributed by atoms with Crippen LogP contribution in [0.2, 0.25) is 0 Å². The number of nitrogens with one attached hydrogen (secondary N) is 1. The maximum Gasteiger partial charge on any atom is 0.232 e. The molecule has 1 aromatic rings. The first kappa shape index (κ1) is 16.0. The Balaban J connectivity index is 1.57. The van der Waals surface area contributed by atoms with Crippen LogP contribution in [0.15, 0.2) is 24.3 Å². The Morgan fingerprint density at radius 3 is 2.52 bits per heavy atom. The van der Waals surface area contributed by atoms with Crippen molar-refractivity contribution in [3.05, 3.63) is 35.6 Å². The molecule has 124 valence electrons. The van der Waals surface area contributed by atoms with E-state index in [1.807, 2.05) is 0 Å². The molecule has 3 rings (SSSR count). The quantitative estimate of drug-likeness (QED) is 0.904. The van der Waals surface area contributed by atoms with Gasteiger partial charge in [-0.2, -0.15) is 0 Å². The fraction of sp³-hybridized carbons (Fsp3) is 0.556. The van der Waals surface area contributed by atoms with Crippen LogP contribution in [0.1, 0.15) is 32.3 Å². The lowest BCUT2D eigenvalue weighted by Crippen LogP contribution is -2.59. The normalized spacial score (nSPS) is 18.5. The average molecular weight is 318 g/mol. The molecule has 0 radical (unpaired) electrons. The van der Waals surface area contributed by atoms with Gasteiger partial charge in [0.15, 0.2) is 0 Å². The zero-order chi connectivity index (χ0) is 16.6. The monoisotopic (exact) mass is 318 g/mol. The molecule has 0 atom stereocenters. The molecule has 2 aliphatic rings. The van der Waals surface area contributed by atoms with E-state index in [0.717, 1.165) is 6.54 Å². The van der Waals surface area contributed by atoms with Crippen molar-refractivity contribution in [2.24, 2.45) is 11.8 Å². The fourth-order valence-corrected chi connectivity index (χ4v) is 3.00. The lowest BCUT2D eigenvalue weighted by atomic mass is 9.81. The Hall–Kier alpha value is -1.91. The van der Waals surface area contributed by atoms with E-state index in [2.05, 4.69) is 5.32 Å². The van der Waals surface area contributed by atoms with Gasteiger partial charge in [-0.15, -0.1) is 0 Å². The van der Waals surface area contributed by atoms with Gasteiger partial charge in [-0.1, -0.05) is 18.2 Å². The van der Waals surface area contributed by atoms with E-state index in [-0.39, 0.29) is 23.5 Å². The molecule has 1 saturated carbocycles. The van der Waals surface area contributed by atoms with Gasteiger partial charge in [-0.3, -0.25) is 9.59 Å². The van der Waals surface area contributed by atoms with Crippen LogP contribution in [0.25, 0.3) is 0 Å². The molecule has 1 saturated heterocycles. The van der Waals surface area contributed by atoms with Crippen molar-refractivity contribution in [1.82, 2.24) is 10.2 Å². The number of nitrogens with zero attached hydrogens (tertiary/aromatic N) is 1. The van der Waals surface area contributed by atoms with Crippen LogP contribution in [0.3, 0.4) is 0 Å². The zero-order valence-corrected chi connectivity index (χ0v) is 13.6. The molecule has 5 heteroatoms. The van der Waals surface area contributed by atoms with Crippen LogP contribution in [0, 0.1) is 17.7 Å². The van der Waals surface area contributed by atoms with Crippen LogP contribution >= 0.6 is 0 Å². The van der Waals surface area contributed by atoms with Gasteiger partial charge < -0.3 is 10.2 Å². The summed E-state index contributed by atoms with van der Waals surface area (Å²) >= 11 is 0. The van der Waals surface area contributed by atoms with Crippen LogP contribution < -0.4 is 5.32 Å². The van der Waals surface area contributed by atoms with Gasteiger partial charge in [0.1, 0.15) is 5.82 Å². The maximum atomic E-state index is 14.0. The third-order valence-electron chi connectivity index (χ3n) is 4.88. The van der Waals surface area contributed by atoms with Gasteiger partial charge in [0.25, 0.3) is 0 Å². The molecular weight excluding hydrogens is 295 g/mol. The highest BCUT2D eigenvalue weighted by atomic mass is 19.1. The summed E-state index contributed by atoms with van der Waals surface area (Å²) in [6, 6.07) is 6.36. The van der Waals surface area contributed by atoms with E-state index in [0.29, 0.717) is 24.6 Å². The number of hydrogen-bond acceptors (Lipinski definition) is 2. The van der Waals surface area contributed by atoms with Gasteiger partial charge in [0.05, 0.1) is 11.3 Å². The smallest absolute Gasteiger partial charge is 0.232 e. The van der Waals surface area contributed by atoms with E-state index in [9.17, 15) is 14.0 Å². The number of likely N-dealkylation sites (tertiary alicyclic amines) is 1. The molecule has 1 aliphatic heterocycles. The average Bonchev–Trinajstić information content (AvgIpc) is 3.27. The number of carbonyl (C=O) groups excluding carboxylic acids is 2. The van der Waals surface area contributed by atoms with E-state index < -0.39 is 5.41 Å². The first-order chi connectivity index (χ1) is 10.9. The number of hydrogen-bond donors (Lipinski definition) is 1. The van der Waals surface area contributed by atoms with Crippen LogP contribution in [-0.4, -0.2) is 36.3 Å². The topological polar surface area (TPSA) is 49.4 Å². The van der Waals surface area contributed by atoms with Crippen molar-refractivity contribution in [1.29, 1.82) is 0 Å². The summed E-state index contributed by atoms with van der Waals surface area (Å²) in [7, 11) is 0. The second kappa shape index (κ2) is 5.95. The van der Waals surface area contributed by atoms with Crippen molar-refractivity contribution in [2.75, 3.05) is 19.6 Å². The molecule has 0 bridgehead atoms. The fourth-order valence-electron chi connectivity index (χ4n) is 3.00. The van der Waals surface area contributed by atoms with Crippen LogP contribution in [0.5, 0.6) is 0 Å². The van der Waals surface area contributed by atoms with Gasteiger partial charge in [-0.25, -0.2) is 4.39 Å². The van der Waals surface area contributed by atoms with Gasteiger partial charge in [0, 0.05) is 25.2 Å². The van der Waals surface area contributed by atoms with Crippen molar-refractivity contribution in [2.45, 2.75) is 32.1 Å². The number of amides is 2. The molecule has 0 aromatic heterocycles. The lowest BCUT2D eigenvalue weighted by Gasteiger charge is -2.42. The molecule has 23 heavy (non-hydrogen) atoms. The second-order valence-corrected chi connectivity index (χ2v) is 7.20. The summed E-state index contributed by atoms with van der Waals surface area (Å²) in [6.07, 6.45) is 2.40. The van der Waals surface area contributed by atoms with E-state index in [1.54, 1.807) is 36.9 Å². The number of halogens is 1. The summed E-state index contributed by atoms with van der Waals surface area (Å²) in [6.45, 7) is 5.06. The lowest BCUT2D eigenvalue weighted by molar-refractivity contribution is -0.147. The minimum absolute atomic E-state index is 0.0321. The standard InChI is InChI=1S/C18H23FN2O2/c1-18(2,14-5-3-4-6-15(14)19)17(23)21-10-13(11-21)16(22)20-9-12-7-8-12/h3-6,12-13H,7-11H2,1-2H3,(H,20,22). The molecule has 1 aliphatic carbocycles. The highest BCUT2D eigenvalue weighted by Gasteiger charge is 2.43. The maximum absolute atomic E-state index is 14.0. The first-order valence-electron chi connectivity index (χ1n) is 8.21. The largest absolute Gasteiger partial charge is 0.355 e. The Bertz CT molecular complexity index is 619. The van der Waals surface area contributed by atoms with E-state index in [4.69, 9.17) is 0 Å². The van der Waals surface area contributed by atoms with Crippen LogP contribution in [-0.2, 0) is 15.0 Å². The van der Waals surface area contributed by atoms with Crippen LogP contribution in [0.4, 0.5) is 4.39 Å². The summed E-state index contributed by atoms with van der Waals surface area (Å²) in [5.74, 6) is 0.0504. The third kappa shape index (κ3) is 3.23. The number of rotatable bonds is 5. The molecule has 2 fully saturated rings. The molecule has 0 spiro atoms. The Kier molecular flexibility index (Phi) is 4.13. The van der Waals surface area contributed by atoms with Crippen molar-refractivity contribution in [3.63, 3.8) is 0 Å². The van der Waals surface area contributed by atoms with E-state index in [1.165, 1.54) is 18.9 Å². The van der Waals surface area contributed by atoms with Gasteiger partial charge in [-0.05, 0) is 38.7 Å². The summed E-state index contributed by atoms with van der Waals surface area (Å²) in [5.41, 5.74) is -0.535. The Labute approximate surface area is 136 Å². The zero-order valence-electron chi connectivity index (χ0n) is 13.6. The van der Waals surface area contributed by atoms with Gasteiger partial charge in [0.2, 0.25) is 11.8 Å². The molecule has 1 heterocycles. The van der Waals surface area contributed by atoms with Crippen molar-refractivity contribution < 1.29 is 14.0 Å². The number of benzene rings is 1. The highest BCUT2D eigenvalue weighted by Crippen LogP contribution is 2.31. The van der Waals surface area contributed by atoms with Crippen molar-refractivity contribution in [3.8, 4) is 0 Å². The SMILES string of the molecule is CC(C)(C(=O)N1CC(C(=O)NCC2CC2)C1)c1ccccc1F. The second-order valence-electron chi connectivity index (χ2n) is 7.20.